The first-order valence-electron chi connectivity index (χ1n) is 9.07. The normalized spacial score (nSPS) is 13.2. The first-order chi connectivity index (χ1) is 12.9. The molecule has 0 aromatic carbocycles. The third-order valence-corrected chi connectivity index (χ3v) is 5.44. The van der Waals surface area contributed by atoms with Crippen LogP contribution in [0.4, 0.5) is 5.82 Å². The average molecular weight is 391 g/mol. The fourth-order valence-electron chi connectivity index (χ4n) is 3.22. The third-order valence-electron chi connectivity index (χ3n) is 4.42. The number of carbonyl (C=O) groups is 1. The molecule has 0 atom stereocenters. The minimum absolute atomic E-state index is 0.176. The third kappa shape index (κ3) is 4.98. The van der Waals surface area contributed by atoms with Crippen molar-refractivity contribution in [1.29, 1.82) is 0 Å². The van der Waals surface area contributed by atoms with Crippen LogP contribution in [0.25, 0.3) is 0 Å². The van der Waals surface area contributed by atoms with Crippen molar-refractivity contribution in [3.8, 4) is 0 Å². The fraction of sp³-hybridized carbons (Fsp3) is 0.556. The van der Waals surface area contributed by atoms with Gasteiger partial charge in [0.15, 0.2) is 5.82 Å². The number of aryl methyl sites for hydroxylation is 1. The van der Waals surface area contributed by atoms with Gasteiger partial charge < -0.3 is 14.7 Å². The van der Waals surface area contributed by atoms with E-state index in [4.69, 9.17) is 4.52 Å². The van der Waals surface area contributed by atoms with Crippen LogP contribution in [0.2, 0.25) is 0 Å². The number of anilines is 1. The van der Waals surface area contributed by atoms with Crippen molar-refractivity contribution in [3.05, 3.63) is 33.6 Å². The Morgan fingerprint density at radius 1 is 1.41 bits per heavy atom. The van der Waals surface area contributed by atoms with Crippen molar-refractivity contribution in [1.82, 2.24) is 19.6 Å². The molecule has 0 saturated carbocycles. The van der Waals surface area contributed by atoms with Crippen molar-refractivity contribution in [3.63, 3.8) is 0 Å². The lowest BCUT2D eigenvalue weighted by Gasteiger charge is -2.15. The van der Waals surface area contributed by atoms with Crippen LogP contribution in [-0.2, 0) is 24.2 Å². The molecule has 1 aliphatic rings. The van der Waals surface area contributed by atoms with Gasteiger partial charge in [-0.3, -0.25) is 9.36 Å². The Bertz CT molecular complexity index is 874. The van der Waals surface area contributed by atoms with Crippen molar-refractivity contribution < 1.29 is 9.32 Å². The molecule has 2 heterocycles. The van der Waals surface area contributed by atoms with Gasteiger partial charge in [-0.2, -0.15) is 4.98 Å². The van der Waals surface area contributed by atoms with Crippen LogP contribution in [0, 0.1) is 6.92 Å². The molecule has 2 aromatic rings. The lowest BCUT2D eigenvalue weighted by molar-refractivity contribution is -0.113. The standard InChI is InChI=1S/C18H25N5O3S/c1-12-10-15(21-26-12)19-16(24)11-27-17-13-6-4-7-14(13)23(18(25)20-17)9-5-8-22(2)3/h10H,4-9,11H2,1-3H3,(H,19,21,24). The average Bonchev–Trinajstić information content (AvgIpc) is 3.24. The van der Waals surface area contributed by atoms with Gasteiger partial charge in [-0.05, 0) is 53.2 Å². The molecule has 0 saturated heterocycles. The van der Waals surface area contributed by atoms with Crippen LogP contribution < -0.4 is 11.0 Å². The molecule has 1 amide bonds. The summed E-state index contributed by atoms with van der Waals surface area (Å²) in [5.41, 5.74) is 1.99. The molecule has 3 rings (SSSR count). The molecule has 0 fully saturated rings. The minimum Gasteiger partial charge on any atom is -0.360 e. The molecule has 8 nitrogen and oxygen atoms in total. The summed E-state index contributed by atoms with van der Waals surface area (Å²) in [6.45, 7) is 3.38. The summed E-state index contributed by atoms with van der Waals surface area (Å²) in [5, 5.41) is 7.11. The summed E-state index contributed by atoms with van der Waals surface area (Å²) >= 11 is 1.31. The first-order valence-corrected chi connectivity index (χ1v) is 10.1. The monoisotopic (exact) mass is 391 g/mol. The summed E-state index contributed by atoms with van der Waals surface area (Å²) < 4.78 is 6.75. The van der Waals surface area contributed by atoms with E-state index in [9.17, 15) is 9.59 Å². The molecule has 146 valence electrons. The summed E-state index contributed by atoms with van der Waals surface area (Å²) in [7, 11) is 4.05. The van der Waals surface area contributed by atoms with Crippen molar-refractivity contribution in [2.24, 2.45) is 0 Å². The fourth-order valence-corrected chi connectivity index (χ4v) is 4.10. The number of nitrogens with zero attached hydrogens (tertiary/aromatic N) is 4. The van der Waals surface area contributed by atoms with E-state index in [1.54, 1.807) is 13.0 Å². The lowest BCUT2D eigenvalue weighted by Crippen LogP contribution is -2.29. The molecule has 0 spiro atoms. The zero-order valence-electron chi connectivity index (χ0n) is 15.9. The topological polar surface area (TPSA) is 93.3 Å². The Kier molecular flexibility index (Phi) is 6.33. The van der Waals surface area contributed by atoms with E-state index >= 15 is 0 Å². The van der Waals surface area contributed by atoms with Crippen LogP contribution in [0.5, 0.6) is 0 Å². The smallest absolute Gasteiger partial charge is 0.348 e. The van der Waals surface area contributed by atoms with Crippen molar-refractivity contribution >= 4 is 23.5 Å². The molecule has 1 N–H and O–H groups in total. The molecule has 0 radical (unpaired) electrons. The number of fused-ring (bicyclic) bond motifs is 1. The summed E-state index contributed by atoms with van der Waals surface area (Å²) in [5.74, 6) is 1.01. The van der Waals surface area contributed by atoms with Gasteiger partial charge in [-0.1, -0.05) is 16.9 Å². The molecular formula is C18H25N5O3S. The Labute approximate surface area is 162 Å². The van der Waals surface area contributed by atoms with Gasteiger partial charge >= 0.3 is 5.69 Å². The lowest BCUT2D eigenvalue weighted by atomic mass is 10.2. The number of hydrogen-bond acceptors (Lipinski definition) is 7. The second kappa shape index (κ2) is 8.71. The number of nitrogens with one attached hydrogen (secondary N) is 1. The second-order valence-electron chi connectivity index (χ2n) is 6.95. The molecule has 0 unspecified atom stereocenters. The number of rotatable bonds is 8. The molecule has 0 bridgehead atoms. The summed E-state index contributed by atoms with van der Waals surface area (Å²) in [6.07, 6.45) is 3.73. The zero-order valence-corrected chi connectivity index (χ0v) is 16.8. The molecule has 2 aromatic heterocycles. The van der Waals surface area contributed by atoms with Crippen molar-refractivity contribution in [2.45, 2.75) is 44.2 Å². The molecule has 27 heavy (non-hydrogen) atoms. The summed E-state index contributed by atoms with van der Waals surface area (Å²) in [6, 6.07) is 1.66. The second-order valence-corrected chi connectivity index (χ2v) is 7.91. The number of carbonyl (C=O) groups excluding carboxylic acids is 1. The maximum atomic E-state index is 12.5. The number of thioether (sulfide) groups is 1. The van der Waals surface area contributed by atoms with Crippen LogP contribution in [0.3, 0.4) is 0 Å². The SMILES string of the molecule is Cc1cc(NC(=O)CSc2nc(=O)n(CCCN(C)C)c3c2CCC3)no1. The van der Waals surface area contributed by atoms with Gasteiger partial charge in [0.25, 0.3) is 0 Å². The van der Waals surface area contributed by atoms with E-state index in [0.29, 0.717) is 23.1 Å². The maximum Gasteiger partial charge on any atom is 0.348 e. The van der Waals surface area contributed by atoms with E-state index in [0.717, 1.165) is 43.5 Å². The van der Waals surface area contributed by atoms with Crippen molar-refractivity contribution in [2.75, 3.05) is 31.7 Å². The molecule has 9 heteroatoms. The van der Waals surface area contributed by atoms with E-state index in [2.05, 4.69) is 20.4 Å². The Hall–Kier alpha value is -2.13. The predicted molar refractivity (Wildman–Crippen MR) is 104 cm³/mol. The van der Waals surface area contributed by atoms with Gasteiger partial charge in [0.2, 0.25) is 5.91 Å². The van der Waals surface area contributed by atoms with E-state index in [1.165, 1.54) is 11.8 Å². The van der Waals surface area contributed by atoms with Crippen LogP contribution in [-0.4, -0.2) is 51.9 Å². The van der Waals surface area contributed by atoms with Gasteiger partial charge in [-0.25, -0.2) is 4.79 Å². The van der Waals surface area contributed by atoms with E-state index in [-0.39, 0.29) is 17.3 Å². The molecule has 1 aliphatic carbocycles. The molecular weight excluding hydrogens is 366 g/mol. The van der Waals surface area contributed by atoms with Crippen LogP contribution in [0.1, 0.15) is 29.9 Å². The maximum absolute atomic E-state index is 12.5. The molecule has 0 aliphatic heterocycles. The summed E-state index contributed by atoms with van der Waals surface area (Å²) in [4.78, 5) is 31.0. The highest BCUT2D eigenvalue weighted by molar-refractivity contribution is 8.00. The predicted octanol–water partition coefficient (Wildman–Crippen LogP) is 1.71. The Balaban J connectivity index is 1.67. The quantitative estimate of drug-likeness (QED) is 0.541. The van der Waals surface area contributed by atoms with Gasteiger partial charge in [0.1, 0.15) is 10.8 Å². The van der Waals surface area contributed by atoms with Crippen LogP contribution >= 0.6 is 11.8 Å². The van der Waals surface area contributed by atoms with E-state index in [1.807, 2.05) is 18.7 Å². The van der Waals surface area contributed by atoms with Gasteiger partial charge in [0.05, 0.1) is 5.75 Å². The highest BCUT2D eigenvalue weighted by Crippen LogP contribution is 2.29. The Morgan fingerprint density at radius 2 is 2.22 bits per heavy atom. The minimum atomic E-state index is -0.218. The Morgan fingerprint density at radius 3 is 2.93 bits per heavy atom. The first kappa shape index (κ1) is 19.6. The van der Waals surface area contributed by atoms with Gasteiger partial charge in [-0.15, -0.1) is 0 Å². The zero-order chi connectivity index (χ0) is 19.4. The highest BCUT2D eigenvalue weighted by atomic mass is 32.2. The largest absolute Gasteiger partial charge is 0.360 e. The number of amides is 1. The van der Waals surface area contributed by atoms with Gasteiger partial charge in [0, 0.05) is 23.9 Å². The highest BCUT2D eigenvalue weighted by Gasteiger charge is 2.22. The number of hydrogen-bond donors (Lipinski definition) is 1. The number of aromatic nitrogens is 3. The van der Waals surface area contributed by atoms with E-state index < -0.39 is 0 Å². The van der Waals surface area contributed by atoms with Crippen LogP contribution in [0.15, 0.2) is 20.4 Å².